The largest absolute Gasteiger partial charge is 0.368 e. The van der Waals surface area contributed by atoms with E-state index in [0.29, 0.717) is 0 Å². The third kappa shape index (κ3) is 3.17. The number of thiophene rings is 1. The maximum Gasteiger partial charge on any atom is 0.264 e. The Morgan fingerprint density at radius 3 is 2.64 bits per heavy atom. The Kier molecular flexibility index (Phi) is 4.28. The maximum atomic E-state index is 12.8. The van der Waals surface area contributed by atoms with Gasteiger partial charge in [0.25, 0.3) is 5.91 Å². The number of piperazine rings is 1. The molecule has 0 saturated carbocycles. The molecule has 1 aliphatic heterocycles. The summed E-state index contributed by atoms with van der Waals surface area (Å²) in [5, 5.41) is 0. The number of aryl methyl sites for hydroxylation is 1. The first-order valence-corrected chi connectivity index (χ1v) is 9.23. The van der Waals surface area contributed by atoms with E-state index in [2.05, 4.69) is 46.1 Å². The number of hydrogen-bond acceptors (Lipinski definition) is 4. The van der Waals surface area contributed by atoms with Crippen LogP contribution < -0.4 is 4.90 Å². The van der Waals surface area contributed by atoms with E-state index in [9.17, 15) is 4.79 Å². The minimum atomic E-state index is 0.118. The number of H-pyrrole nitrogens is 1. The van der Waals surface area contributed by atoms with E-state index in [1.807, 2.05) is 17.0 Å². The number of aromatic amines is 1. The predicted molar refractivity (Wildman–Crippen MR) is 101 cm³/mol. The lowest BCUT2D eigenvalue weighted by molar-refractivity contribution is 0.0751. The van der Waals surface area contributed by atoms with Gasteiger partial charge in [-0.1, -0.05) is 18.2 Å². The van der Waals surface area contributed by atoms with Gasteiger partial charge in [0.05, 0.1) is 9.75 Å². The molecule has 3 heterocycles. The van der Waals surface area contributed by atoms with Gasteiger partial charge in [0.1, 0.15) is 5.82 Å². The molecule has 1 aliphatic rings. The topological polar surface area (TPSA) is 52.2 Å². The molecule has 5 nitrogen and oxygen atoms in total. The van der Waals surface area contributed by atoms with Gasteiger partial charge in [0.15, 0.2) is 0 Å². The molecule has 0 radical (unpaired) electrons. The lowest BCUT2D eigenvalue weighted by Gasteiger charge is -2.36. The second kappa shape index (κ2) is 6.72. The van der Waals surface area contributed by atoms with Gasteiger partial charge < -0.3 is 14.8 Å². The van der Waals surface area contributed by atoms with E-state index in [1.165, 1.54) is 22.6 Å². The van der Waals surface area contributed by atoms with Crippen LogP contribution in [0.15, 0.2) is 48.8 Å². The number of nitrogens with one attached hydrogen (secondary N) is 1. The van der Waals surface area contributed by atoms with Crippen molar-refractivity contribution in [3.8, 4) is 10.7 Å². The summed E-state index contributed by atoms with van der Waals surface area (Å²) in [4.78, 5) is 26.2. The van der Waals surface area contributed by atoms with Crippen LogP contribution in [0.25, 0.3) is 10.7 Å². The molecular weight excluding hydrogens is 332 g/mol. The number of nitrogens with zero attached hydrogens (tertiary/aromatic N) is 3. The van der Waals surface area contributed by atoms with Crippen molar-refractivity contribution < 1.29 is 4.79 Å². The fourth-order valence-electron chi connectivity index (χ4n) is 3.20. The Bertz CT molecular complexity index is 863. The van der Waals surface area contributed by atoms with Gasteiger partial charge in [-0.25, -0.2) is 4.98 Å². The molecule has 1 amide bonds. The number of aromatic nitrogens is 2. The smallest absolute Gasteiger partial charge is 0.264 e. The Hall–Kier alpha value is -2.60. The molecule has 0 spiro atoms. The molecule has 0 unspecified atom stereocenters. The summed E-state index contributed by atoms with van der Waals surface area (Å²) in [7, 11) is 0. The van der Waals surface area contributed by atoms with Gasteiger partial charge in [0.2, 0.25) is 0 Å². The van der Waals surface area contributed by atoms with Crippen molar-refractivity contribution in [1.29, 1.82) is 0 Å². The third-order valence-electron chi connectivity index (χ3n) is 4.57. The second-order valence-corrected chi connectivity index (χ2v) is 7.25. The van der Waals surface area contributed by atoms with E-state index in [0.717, 1.165) is 41.8 Å². The molecule has 1 fully saturated rings. The van der Waals surface area contributed by atoms with Crippen LogP contribution in [0.3, 0.4) is 0 Å². The lowest BCUT2D eigenvalue weighted by atomic mass is 10.1. The highest BCUT2D eigenvalue weighted by molar-refractivity contribution is 7.17. The van der Waals surface area contributed by atoms with Gasteiger partial charge in [-0.3, -0.25) is 4.79 Å². The molecule has 1 saturated heterocycles. The molecule has 2 aromatic heterocycles. The normalized spacial score (nSPS) is 14.8. The summed E-state index contributed by atoms with van der Waals surface area (Å²) >= 11 is 1.49. The van der Waals surface area contributed by atoms with Crippen LogP contribution in [0, 0.1) is 6.92 Å². The predicted octanol–water partition coefficient (Wildman–Crippen LogP) is 3.41. The summed E-state index contributed by atoms with van der Waals surface area (Å²) in [6.07, 6.45) is 3.52. The second-order valence-electron chi connectivity index (χ2n) is 6.17. The number of anilines is 1. The quantitative estimate of drug-likeness (QED) is 0.786. The van der Waals surface area contributed by atoms with Crippen molar-refractivity contribution in [3.05, 3.63) is 59.2 Å². The molecule has 4 rings (SSSR count). The first-order valence-electron chi connectivity index (χ1n) is 8.42. The van der Waals surface area contributed by atoms with Crippen molar-refractivity contribution >= 4 is 22.9 Å². The standard InChI is InChI=1S/C19H20N4OS/c1-14-4-2-3-5-15(14)22-10-12-23(13-11-22)19(24)17-7-6-16(25-17)18-20-8-9-21-18/h2-9H,10-13H2,1H3,(H,20,21). The van der Waals surface area contributed by atoms with Gasteiger partial charge >= 0.3 is 0 Å². The number of carbonyl (C=O) groups is 1. The van der Waals surface area contributed by atoms with Crippen molar-refractivity contribution in [3.63, 3.8) is 0 Å². The highest BCUT2D eigenvalue weighted by Gasteiger charge is 2.24. The number of benzene rings is 1. The number of hydrogen-bond donors (Lipinski definition) is 1. The molecule has 25 heavy (non-hydrogen) atoms. The Morgan fingerprint density at radius 2 is 1.92 bits per heavy atom. The minimum Gasteiger partial charge on any atom is -0.368 e. The zero-order valence-corrected chi connectivity index (χ0v) is 14.9. The lowest BCUT2D eigenvalue weighted by Crippen LogP contribution is -2.48. The van der Waals surface area contributed by atoms with E-state index in [4.69, 9.17) is 0 Å². The first-order chi connectivity index (χ1) is 12.2. The fraction of sp³-hybridized carbons (Fsp3) is 0.263. The van der Waals surface area contributed by atoms with Gasteiger partial charge in [-0.15, -0.1) is 11.3 Å². The van der Waals surface area contributed by atoms with Crippen LogP contribution in [0.2, 0.25) is 0 Å². The van der Waals surface area contributed by atoms with Gasteiger partial charge in [0, 0.05) is 44.3 Å². The molecule has 3 aromatic rings. The van der Waals surface area contributed by atoms with Crippen molar-refractivity contribution in [1.82, 2.24) is 14.9 Å². The molecule has 0 aliphatic carbocycles. The number of amides is 1. The SMILES string of the molecule is Cc1ccccc1N1CCN(C(=O)c2ccc(-c3ncc[nH]3)s2)CC1. The van der Waals surface area contributed by atoms with Crippen LogP contribution in [0.1, 0.15) is 15.2 Å². The Labute approximate surface area is 150 Å². The summed E-state index contributed by atoms with van der Waals surface area (Å²) < 4.78 is 0. The summed E-state index contributed by atoms with van der Waals surface area (Å²) in [6, 6.07) is 12.3. The van der Waals surface area contributed by atoms with Crippen molar-refractivity contribution in [2.75, 3.05) is 31.1 Å². The average Bonchev–Trinajstić information content (AvgIpc) is 3.33. The molecule has 0 bridgehead atoms. The average molecular weight is 352 g/mol. The van der Waals surface area contributed by atoms with Crippen LogP contribution in [0.4, 0.5) is 5.69 Å². The van der Waals surface area contributed by atoms with Crippen molar-refractivity contribution in [2.24, 2.45) is 0 Å². The summed E-state index contributed by atoms with van der Waals surface area (Å²) in [5.41, 5.74) is 2.55. The highest BCUT2D eigenvalue weighted by Crippen LogP contribution is 2.27. The van der Waals surface area contributed by atoms with Crippen LogP contribution >= 0.6 is 11.3 Å². The molecule has 0 atom stereocenters. The van der Waals surface area contributed by atoms with Gasteiger partial charge in [-0.05, 0) is 30.7 Å². The zero-order valence-electron chi connectivity index (χ0n) is 14.1. The first kappa shape index (κ1) is 15.9. The number of rotatable bonds is 3. The van der Waals surface area contributed by atoms with Crippen LogP contribution in [-0.4, -0.2) is 47.0 Å². The molecular formula is C19H20N4OS. The van der Waals surface area contributed by atoms with E-state index in [-0.39, 0.29) is 5.91 Å². The maximum absolute atomic E-state index is 12.8. The molecule has 1 aromatic carbocycles. The zero-order chi connectivity index (χ0) is 17.2. The van der Waals surface area contributed by atoms with E-state index >= 15 is 0 Å². The summed E-state index contributed by atoms with van der Waals surface area (Å²) in [5.74, 6) is 0.931. The Morgan fingerprint density at radius 1 is 1.12 bits per heavy atom. The van der Waals surface area contributed by atoms with Crippen molar-refractivity contribution in [2.45, 2.75) is 6.92 Å². The number of para-hydroxylation sites is 1. The highest BCUT2D eigenvalue weighted by atomic mass is 32.1. The molecule has 6 heteroatoms. The van der Waals surface area contributed by atoms with E-state index < -0.39 is 0 Å². The fourth-order valence-corrected chi connectivity index (χ4v) is 4.14. The third-order valence-corrected chi connectivity index (χ3v) is 5.65. The Balaban J connectivity index is 1.42. The molecule has 1 N–H and O–H groups in total. The minimum absolute atomic E-state index is 0.118. The van der Waals surface area contributed by atoms with Crippen LogP contribution in [-0.2, 0) is 0 Å². The van der Waals surface area contributed by atoms with Crippen LogP contribution in [0.5, 0.6) is 0 Å². The number of imidazole rings is 1. The number of carbonyl (C=O) groups excluding carboxylic acids is 1. The monoisotopic (exact) mass is 352 g/mol. The van der Waals surface area contributed by atoms with Gasteiger partial charge in [-0.2, -0.15) is 0 Å². The molecule has 128 valence electrons. The summed E-state index contributed by atoms with van der Waals surface area (Å²) in [6.45, 7) is 5.37. The van der Waals surface area contributed by atoms with E-state index in [1.54, 1.807) is 12.4 Å².